The van der Waals surface area contributed by atoms with E-state index in [2.05, 4.69) is 36.8 Å². The van der Waals surface area contributed by atoms with E-state index in [0.29, 0.717) is 32.5 Å². The molecule has 0 aliphatic rings. The van der Waals surface area contributed by atoms with Gasteiger partial charge in [-0.1, -0.05) is 65.3 Å². The fraction of sp³-hybridized carbons (Fsp3) is 0.304. The Bertz CT molecular complexity index is 1190. The number of rotatable bonds is 9. The monoisotopic (exact) mass is 567 g/mol. The van der Waals surface area contributed by atoms with E-state index in [4.69, 9.17) is 11.6 Å². The third kappa shape index (κ3) is 6.80. The number of halogens is 3. The summed E-state index contributed by atoms with van der Waals surface area (Å²) in [7, 11) is 1.78. The summed E-state index contributed by atoms with van der Waals surface area (Å²) >= 11 is 10.5. The van der Waals surface area contributed by atoms with Gasteiger partial charge in [-0.3, -0.25) is 9.59 Å². The Hall–Kier alpha value is -2.43. The fourth-order valence-electron chi connectivity index (χ4n) is 3.24. The number of nitrogens with one attached hydrogen (secondary N) is 2. The number of aromatic nitrogens is 3. The molecular formula is C23H24BrClFN5O2S. The van der Waals surface area contributed by atoms with Gasteiger partial charge in [0.2, 0.25) is 5.91 Å². The largest absolute Gasteiger partial charge is 0.342 e. The molecule has 1 heterocycles. The molecule has 0 radical (unpaired) electrons. The van der Waals surface area contributed by atoms with Crippen molar-refractivity contribution in [3.05, 3.63) is 69.2 Å². The third-order valence-electron chi connectivity index (χ3n) is 4.85. The Morgan fingerprint density at radius 3 is 2.62 bits per heavy atom. The summed E-state index contributed by atoms with van der Waals surface area (Å²) in [4.78, 5) is 25.2. The van der Waals surface area contributed by atoms with Gasteiger partial charge in [0.15, 0.2) is 11.0 Å². The minimum Gasteiger partial charge on any atom is -0.342 e. The molecule has 0 fully saturated rings. The lowest BCUT2D eigenvalue weighted by molar-refractivity contribution is -0.113. The number of carbonyl (C=O) groups is 2. The lowest BCUT2D eigenvalue weighted by Crippen LogP contribution is -2.31. The zero-order valence-electron chi connectivity index (χ0n) is 18.8. The highest BCUT2D eigenvalue weighted by Gasteiger charge is 2.24. The van der Waals surface area contributed by atoms with Crippen LogP contribution in [-0.2, 0) is 11.8 Å². The second-order valence-corrected chi connectivity index (χ2v) is 10.3. The van der Waals surface area contributed by atoms with Gasteiger partial charge in [0.1, 0.15) is 5.82 Å². The van der Waals surface area contributed by atoms with Crippen LogP contribution >= 0.6 is 39.3 Å². The molecule has 11 heteroatoms. The minimum atomic E-state index is -0.528. The first kappa shape index (κ1) is 26.2. The van der Waals surface area contributed by atoms with Crippen molar-refractivity contribution in [2.24, 2.45) is 13.0 Å². The van der Waals surface area contributed by atoms with Crippen molar-refractivity contribution in [3.8, 4) is 0 Å². The molecule has 3 rings (SSSR count). The van der Waals surface area contributed by atoms with Crippen LogP contribution in [0.4, 0.5) is 10.1 Å². The summed E-state index contributed by atoms with van der Waals surface area (Å²) in [6, 6.07) is 10.8. The van der Waals surface area contributed by atoms with Crippen LogP contribution in [0, 0.1) is 11.7 Å². The zero-order chi connectivity index (χ0) is 24.8. The van der Waals surface area contributed by atoms with E-state index >= 15 is 0 Å². The maximum absolute atomic E-state index is 14.0. The van der Waals surface area contributed by atoms with Crippen molar-refractivity contribution in [2.75, 3.05) is 11.1 Å². The predicted octanol–water partition coefficient (Wildman–Crippen LogP) is 5.62. The van der Waals surface area contributed by atoms with Crippen LogP contribution in [0.3, 0.4) is 0 Å². The molecule has 1 aromatic heterocycles. The molecule has 2 amide bonds. The van der Waals surface area contributed by atoms with Crippen molar-refractivity contribution in [3.63, 3.8) is 0 Å². The second kappa shape index (κ2) is 11.8. The predicted molar refractivity (Wildman–Crippen MR) is 136 cm³/mol. The average molecular weight is 569 g/mol. The van der Waals surface area contributed by atoms with Crippen molar-refractivity contribution >= 4 is 56.8 Å². The Balaban J connectivity index is 1.69. The number of amides is 2. The van der Waals surface area contributed by atoms with Crippen molar-refractivity contribution in [1.29, 1.82) is 0 Å². The standard InChI is InChI=1S/C23H24BrClFN5O2S/c1-13(2)10-19(28-22(33)15-6-4-5-7-16(15)25)21-29-30-23(31(21)3)34-12-20(32)27-18-9-8-14(24)11-17(18)26/h4-9,11,13,19H,10,12H2,1-3H3,(H,27,32)(H,28,33)/t19-/m0/s1. The molecule has 2 aromatic carbocycles. The van der Waals surface area contributed by atoms with Crippen LogP contribution in [-0.4, -0.2) is 32.3 Å². The van der Waals surface area contributed by atoms with E-state index in [1.54, 1.807) is 41.9 Å². The number of hydrogen-bond acceptors (Lipinski definition) is 5. The number of carbonyl (C=O) groups excluding carboxylic acids is 2. The molecule has 2 N–H and O–H groups in total. The van der Waals surface area contributed by atoms with Gasteiger partial charge in [0.25, 0.3) is 5.91 Å². The lowest BCUT2D eigenvalue weighted by atomic mass is 10.0. The number of hydrogen-bond donors (Lipinski definition) is 2. The normalized spacial score (nSPS) is 12.0. The van der Waals surface area contributed by atoms with Gasteiger partial charge in [-0.2, -0.15) is 0 Å². The first-order valence-corrected chi connectivity index (χ1v) is 12.6. The Kier molecular flexibility index (Phi) is 9.10. The molecule has 0 bridgehead atoms. The average Bonchev–Trinajstić information content (AvgIpc) is 3.14. The maximum atomic E-state index is 14.0. The number of anilines is 1. The molecule has 0 saturated heterocycles. The van der Waals surface area contributed by atoms with Gasteiger partial charge < -0.3 is 15.2 Å². The summed E-state index contributed by atoms with van der Waals surface area (Å²) in [6.07, 6.45) is 0.635. The number of nitrogens with zero attached hydrogens (tertiary/aromatic N) is 3. The summed E-state index contributed by atoms with van der Waals surface area (Å²) in [5.41, 5.74) is 0.485. The first-order valence-electron chi connectivity index (χ1n) is 10.5. The van der Waals surface area contributed by atoms with Crippen LogP contribution in [0.25, 0.3) is 0 Å². The molecule has 0 aliphatic heterocycles. The summed E-state index contributed by atoms with van der Waals surface area (Å²) in [5, 5.41) is 14.9. The van der Waals surface area contributed by atoms with Crippen LogP contribution in [0.5, 0.6) is 0 Å². The Morgan fingerprint density at radius 1 is 1.21 bits per heavy atom. The summed E-state index contributed by atoms with van der Waals surface area (Å²) in [6.45, 7) is 4.10. The molecule has 0 unspecified atom stereocenters. The lowest BCUT2D eigenvalue weighted by Gasteiger charge is -2.20. The first-order chi connectivity index (χ1) is 16.2. The maximum Gasteiger partial charge on any atom is 0.253 e. The van der Waals surface area contributed by atoms with Crippen molar-refractivity contribution in [1.82, 2.24) is 20.1 Å². The SMILES string of the molecule is CC(C)C[C@H](NC(=O)c1ccccc1Cl)c1nnc(SCC(=O)Nc2ccc(Br)cc2F)n1C. The highest BCUT2D eigenvalue weighted by atomic mass is 79.9. The van der Waals surface area contributed by atoms with Gasteiger partial charge in [0.05, 0.1) is 28.1 Å². The Morgan fingerprint density at radius 2 is 1.94 bits per heavy atom. The highest BCUT2D eigenvalue weighted by Crippen LogP contribution is 2.26. The second-order valence-electron chi connectivity index (χ2n) is 8.00. The van der Waals surface area contributed by atoms with Gasteiger partial charge >= 0.3 is 0 Å². The smallest absolute Gasteiger partial charge is 0.253 e. The van der Waals surface area contributed by atoms with Crippen molar-refractivity contribution < 1.29 is 14.0 Å². The van der Waals surface area contributed by atoms with Crippen molar-refractivity contribution in [2.45, 2.75) is 31.5 Å². The van der Waals surface area contributed by atoms with E-state index < -0.39 is 11.9 Å². The molecular weight excluding hydrogens is 545 g/mol. The van der Waals surface area contributed by atoms with Crippen LogP contribution < -0.4 is 10.6 Å². The van der Waals surface area contributed by atoms with E-state index in [1.807, 2.05) is 13.8 Å². The summed E-state index contributed by atoms with van der Waals surface area (Å²) in [5.74, 6) is -0.347. The molecule has 1 atom stereocenters. The minimum absolute atomic E-state index is 0.0162. The molecule has 0 saturated carbocycles. The summed E-state index contributed by atoms with van der Waals surface area (Å²) < 4.78 is 16.3. The van der Waals surface area contributed by atoms with Gasteiger partial charge in [-0.05, 0) is 42.7 Å². The molecule has 34 heavy (non-hydrogen) atoms. The van der Waals surface area contributed by atoms with Crippen LogP contribution in [0.1, 0.15) is 42.5 Å². The number of benzene rings is 2. The van der Waals surface area contributed by atoms with E-state index in [1.165, 1.54) is 23.9 Å². The number of thioether (sulfide) groups is 1. The van der Waals surface area contributed by atoms with E-state index in [0.717, 1.165) is 0 Å². The highest BCUT2D eigenvalue weighted by molar-refractivity contribution is 9.10. The molecule has 3 aromatic rings. The van der Waals surface area contributed by atoms with E-state index in [9.17, 15) is 14.0 Å². The van der Waals surface area contributed by atoms with Crippen LogP contribution in [0.2, 0.25) is 5.02 Å². The van der Waals surface area contributed by atoms with Crippen LogP contribution in [0.15, 0.2) is 52.1 Å². The van der Waals surface area contributed by atoms with Gasteiger partial charge in [-0.15, -0.1) is 10.2 Å². The van der Waals surface area contributed by atoms with Gasteiger partial charge in [0, 0.05) is 11.5 Å². The molecule has 0 spiro atoms. The quantitative estimate of drug-likeness (QED) is 0.327. The molecule has 7 nitrogen and oxygen atoms in total. The van der Waals surface area contributed by atoms with Gasteiger partial charge in [-0.25, -0.2) is 4.39 Å². The third-order valence-corrected chi connectivity index (χ3v) is 6.69. The fourth-order valence-corrected chi connectivity index (χ4v) is 4.52. The molecule has 0 aliphatic carbocycles. The van der Waals surface area contributed by atoms with E-state index in [-0.39, 0.29) is 29.2 Å². The Labute approximate surface area is 215 Å². The topological polar surface area (TPSA) is 88.9 Å². The molecule has 180 valence electrons. The zero-order valence-corrected chi connectivity index (χ0v) is 22.0.